The van der Waals surface area contributed by atoms with Crippen LogP contribution >= 0.6 is 0 Å². The predicted molar refractivity (Wildman–Crippen MR) is 149 cm³/mol. The number of hydrogen-bond acceptors (Lipinski definition) is 5. The van der Waals surface area contributed by atoms with E-state index in [1.165, 1.54) is 5.01 Å². The summed E-state index contributed by atoms with van der Waals surface area (Å²) in [5.41, 5.74) is 7.18. The molecule has 0 heterocycles. The molecule has 2 aromatic carbocycles. The van der Waals surface area contributed by atoms with Crippen molar-refractivity contribution in [3.05, 3.63) is 63.7 Å². The Labute approximate surface area is 222 Å². The van der Waals surface area contributed by atoms with Crippen molar-refractivity contribution in [2.24, 2.45) is 5.41 Å². The van der Waals surface area contributed by atoms with Crippen LogP contribution in [-0.2, 0) is 6.42 Å². The molecule has 3 N–H and O–H groups in total. The van der Waals surface area contributed by atoms with Gasteiger partial charge in [0.1, 0.15) is 5.75 Å². The molecule has 0 radical (unpaired) electrons. The molecule has 7 nitrogen and oxygen atoms in total. The molecule has 0 aliphatic carbocycles. The lowest BCUT2D eigenvalue weighted by atomic mass is 9.83. The molecule has 0 aromatic heterocycles. The maximum atomic E-state index is 13.9. The van der Waals surface area contributed by atoms with Crippen molar-refractivity contribution in [1.29, 1.82) is 0 Å². The van der Waals surface area contributed by atoms with Gasteiger partial charge in [-0.1, -0.05) is 63.8 Å². The molecule has 1 atom stereocenters. The first kappa shape index (κ1) is 30.4. The van der Waals surface area contributed by atoms with Gasteiger partial charge in [-0.2, -0.15) is 0 Å². The Bertz CT molecular complexity index is 1070. The maximum Gasteiger partial charge on any atom is 0.451 e. The summed E-state index contributed by atoms with van der Waals surface area (Å²) in [6, 6.07) is 9.07. The number of carbonyl (C=O) groups excluding carboxylic acids is 2. The number of amides is 2. The summed E-state index contributed by atoms with van der Waals surface area (Å²) in [6.45, 7) is 14.0. The van der Waals surface area contributed by atoms with Crippen LogP contribution in [0.2, 0.25) is 6.32 Å². The fourth-order valence-electron chi connectivity index (χ4n) is 4.85. The van der Waals surface area contributed by atoms with E-state index in [0.29, 0.717) is 35.3 Å². The fourth-order valence-corrected chi connectivity index (χ4v) is 4.85. The SMILES string of the molecule is CCC[C@@H](N(NC(=O)c1ccc(CCCB(O)O)c(OC)c1C)C(=O)c1cc(C)cc(C)c1)C(C)(C)C. The number of hydrogen-bond donors (Lipinski definition) is 3. The quantitative estimate of drug-likeness (QED) is 0.308. The van der Waals surface area contributed by atoms with Crippen molar-refractivity contribution >= 4 is 18.9 Å². The molecular formula is C29H43BN2O5. The Kier molecular flexibility index (Phi) is 10.8. The van der Waals surface area contributed by atoms with Crippen molar-refractivity contribution in [2.75, 3.05) is 7.11 Å². The molecule has 0 saturated carbocycles. The first-order chi connectivity index (χ1) is 17.3. The fraction of sp³-hybridized carbons (Fsp3) is 0.517. The first-order valence-electron chi connectivity index (χ1n) is 13.1. The number of methoxy groups -OCH3 is 1. The molecule has 202 valence electrons. The third-order valence-electron chi connectivity index (χ3n) is 6.63. The molecule has 2 amide bonds. The van der Waals surface area contributed by atoms with E-state index in [4.69, 9.17) is 14.8 Å². The second-order valence-electron chi connectivity index (χ2n) is 11.0. The lowest BCUT2D eigenvalue weighted by molar-refractivity contribution is 0.0270. The average Bonchev–Trinajstić information content (AvgIpc) is 2.79. The number of aryl methyl sites for hydroxylation is 3. The number of nitrogens with zero attached hydrogens (tertiary/aromatic N) is 1. The van der Waals surface area contributed by atoms with Crippen LogP contribution in [0.3, 0.4) is 0 Å². The molecule has 8 heteroatoms. The number of carbonyl (C=O) groups is 2. The van der Waals surface area contributed by atoms with E-state index in [1.54, 1.807) is 13.2 Å². The van der Waals surface area contributed by atoms with Crippen LogP contribution in [0.1, 0.15) is 89.9 Å². The van der Waals surface area contributed by atoms with Crippen LogP contribution in [0, 0.1) is 26.2 Å². The highest BCUT2D eigenvalue weighted by atomic mass is 16.5. The van der Waals surface area contributed by atoms with E-state index in [0.717, 1.165) is 29.5 Å². The van der Waals surface area contributed by atoms with E-state index >= 15 is 0 Å². The molecule has 0 aliphatic heterocycles. The normalized spacial score (nSPS) is 12.2. The van der Waals surface area contributed by atoms with E-state index in [-0.39, 0.29) is 29.6 Å². The highest BCUT2D eigenvalue weighted by Gasteiger charge is 2.35. The summed E-state index contributed by atoms with van der Waals surface area (Å²) >= 11 is 0. The van der Waals surface area contributed by atoms with Gasteiger partial charge in [0.15, 0.2) is 0 Å². The maximum absolute atomic E-state index is 13.9. The Morgan fingerprint density at radius 3 is 2.22 bits per heavy atom. The van der Waals surface area contributed by atoms with Crippen molar-refractivity contribution in [3.63, 3.8) is 0 Å². The van der Waals surface area contributed by atoms with Crippen LogP contribution in [0.25, 0.3) is 0 Å². The zero-order chi connectivity index (χ0) is 27.9. The summed E-state index contributed by atoms with van der Waals surface area (Å²) in [6.07, 6.45) is 3.01. The third-order valence-corrected chi connectivity index (χ3v) is 6.63. The van der Waals surface area contributed by atoms with Crippen LogP contribution in [-0.4, -0.2) is 47.1 Å². The van der Waals surface area contributed by atoms with Crippen molar-refractivity contribution in [3.8, 4) is 5.75 Å². The predicted octanol–water partition coefficient (Wildman–Crippen LogP) is 5.03. The Morgan fingerprint density at radius 2 is 1.70 bits per heavy atom. The summed E-state index contributed by atoms with van der Waals surface area (Å²) in [7, 11) is 0.206. The zero-order valence-corrected chi connectivity index (χ0v) is 23.6. The monoisotopic (exact) mass is 510 g/mol. The molecule has 0 unspecified atom stereocenters. The largest absolute Gasteiger partial charge is 0.496 e. The molecule has 0 spiro atoms. The topological polar surface area (TPSA) is 99.1 Å². The summed E-state index contributed by atoms with van der Waals surface area (Å²) in [4.78, 5) is 27.5. The zero-order valence-electron chi connectivity index (χ0n) is 23.6. The second kappa shape index (κ2) is 13.1. The standard InChI is InChI=1S/C29H43BN2O5/c1-9-11-25(29(5,6)7)32(28(34)23-17-19(2)16-20(3)18-23)31-27(33)24-14-13-22(12-10-15-30(35)36)26(37-8)21(24)4/h13-14,16-18,25,35-36H,9-12,15H2,1-8H3,(H,31,33)/t25-/m1/s1. The second-order valence-corrected chi connectivity index (χ2v) is 11.0. The van der Waals surface area contributed by atoms with Gasteiger partial charge < -0.3 is 14.8 Å². The lowest BCUT2D eigenvalue weighted by Gasteiger charge is -2.40. The smallest absolute Gasteiger partial charge is 0.451 e. The van der Waals surface area contributed by atoms with Crippen molar-refractivity contribution in [1.82, 2.24) is 10.4 Å². The summed E-state index contributed by atoms with van der Waals surface area (Å²) in [5, 5.41) is 19.8. The Morgan fingerprint density at radius 1 is 1.08 bits per heavy atom. The van der Waals surface area contributed by atoms with E-state index in [1.807, 2.05) is 45.0 Å². The molecule has 0 fully saturated rings. The first-order valence-corrected chi connectivity index (χ1v) is 13.1. The van der Waals surface area contributed by atoms with Gasteiger partial charge in [-0.3, -0.25) is 15.0 Å². The van der Waals surface area contributed by atoms with Crippen LogP contribution in [0.5, 0.6) is 5.75 Å². The van der Waals surface area contributed by atoms with Crippen molar-refractivity contribution in [2.45, 2.75) is 86.5 Å². The minimum absolute atomic E-state index is 0.221. The van der Waals surface area contributed by atoms with Crippen LogP contribution < -0.4 is 10.2 Å². The molecule has 2 rings (SSSR count). The lowest BCUT2D eigenvalue weighted by Crippen LogP contribution is -2.56. The van der Waals surface area contributed by atoms with Gasteiger partial charge in [0.2, 0.25) is 0 Å². The van der Waals surface area contributed by atoms with Crippen LogP contribution in [0.15, 0.2) is 30.3 Å². The Hall–Kier alpha value is -2.84. The summed E-state index contributed by atoms with van der Waals surface area (Å²) in [5.74, 6) is -0.0262. The van der Waals surface area contributed by atoms with E-state index in [9.17, 15) is 9.59 Å². The van der Waals surface area contributed by atoms with Gasteiger partial charge in [-0.15, -0.1) is 0 Å². The Balaban J connectivity index is 2.47. The van der Waals surface area contributed by atoms with Gasteiger partial charge in [0.05, 0.1) is 13.2 Å². The molecule has 37 heavy (non-hydrogen) atoms. The van der Waals surface area contributed by atoms with Gasteiger partial charge in [-0.25, -0.2) is 5.01 Å². The van der Waals surface area contributed by atoms with E-state index < -0.39 is 7.12 Å². The molecule has 0 saturated heterocycles. The number of ether oxygens (including phenoxy) is 1. The van der Waals surface area contributed by atoms with Gasteiger partial charge >= 0.3 is 7.12 Å². The molecule has 2 aromatic rings. The minimum atomic E-state index is -1.35. The van der Waals surface area contributed by atoms with Gasteiger partial charge in [-0.05, 0) is 69.1 Å². The highest BCUT2D eigenvalue weighted by Crippen LogP contribution is 2.31. The summed E-state index contributed by atoms with van der Waals surface area (Å²) < 4.78 is 5.63. The number of rotatable bonds is 10. The third kappa shape index (κ3) is 8.07. The number of benzene rings is 2. The number of hydrazine groups is 1. The van der Waals surface area contributed by atoms with Crippen LogP contribution in [0.4, 0.5) is 0 Å². The highest BCUT2D eigenvalue weighted by molar-refractivity contribution is 6.40. The molecular weight excluding hydrogens is 467 g/mol. The number of nitrogens with one attached hydrogen (secondary N) is 1. The minimum Gasteiger partial charge on any atom is -0.496 e. The molecule has 0 aliphatic rings. The van der Waals surface area contributed by atoms with Gasteiger partial charge in [0.25, 0.3) is 11.8 Å². The van der Waals surface area contributed by atoms with E-state index in [2.05, 4.69) is 33.1 Å². The molecule has 0 bridgehead atoms. The van der Waals surface area contributed by atoms with Crippen molar-refractivity contribution < 1.29 is 24.4 Å². The average molecular weight is 510 g/mol. The van der Waals surface area contributed by atoms with Gasteiger partial charge in [0, 0.05) is 16.7 Å².